The summed E-state index contributed by atoms with van der Waals surface area (Å²) < 4.78 is 5.20. The van der Waals surface area contributed by atoms with E-state index in [4.69, 9.17) is 4.74 Å². The van der Waals surface area contributed by atoms with Crippen molar-refractivity contribution in [1.29, 1.82) is 0 Å². The minimum atomic E-state index is 0.595. The number of thioether (sulfide) groups is 1. The van der Waals surface area contributed by atoms with E-state index in [0.29, 0.717) is 5.41 Å². The Morgan fingerprint density at radius 3 is 2.88 bits per heavy atom. The average Bonchev–Trinajstić information content (AvgIpc) is 3.06. The molecule has 1 N–H and O–H groups in total. The van der Waals surface area contributed by atoms with Crippen LogP contribution in [0.15, 0.2) is 0 Å². The van der Waals surface area contributed by atoms with Crippen molar-refractivity contribution in [2.45, 2.75) is 50.3 Å². The van der Waals surface area contributed by atoms with E-state index in [9.17, 15) is 0 Å². The quantitative estimate of drug-likeness (QED) is 0.775. The lowest BCUT2D eigenvalue weighted by Crippen LogP contribution is -2.42. The maximum atomic E-state index is 5.20. The molecule has 0 amide bonds. The molecule has 2 aliphatic rings. The minimum Gasteiger partial charge on any atom is -0.385 e. The molecule has 0 aromatic heterocycles. The van der Waals surface area contributed by atoms with Crippen molar-refractivity contribution < 1.29 is 4.74 Å². The van der Waals surface area contributed by atoms with Crippen molar-refractivity contribution in [2.75, 3.05) is 26.0 Å². The van der Waals surface area contributed by atoms with Gasteiger partial charge >= 0.3 is 0 Å². The molecule has 0 radical (unpaired) electrons. The molecule has 1 saturated carbocycles. The Hall–Kier alpha value is 0.270. The Morgan fingerprint density at radius 2 is 2.25 bits per heavy atom. The summed E-state index contributed by atoms with van der Waals surface area (Å²) in [4.78, 5) is 0. The standard InChI is InChI=1S/C13H25NOS/c1-11-12(4-3-9-16-11)14-10-13(5-6-13)7-8-15-2/h11-12,14H,3-10H2,1-2H3. The largest absolute Gasteiger partial charge is 0.385 e. The lowest BCUT2D eigenvalue weighted by molar-refractivity contribution is 0.170. The van der Waals surface area contributed by atoms with Gasteiger partial charge in [0, 0.05) is 31.6 Å². The highest BCUT2D eigenvalue weighted by Gasteiger charge is 2.42. The number of nitrogens with one attached hydrogen (secondary N) is 1. The molecular formula is C13H25NOS. The van der Waals surface area contributed by atoms with Crippen molar-refractivity contribution in [3.8, 4) is 0 Å². The minimum absolute atomic E-state index is 0.595. The fourth-order valence-corrected chi connectivity index (χ4v) is 3.72. The highest BCUT2D eigenvalue weighted by molar-refractivity contribution is 7.99. The van der Waals surface area contributed by atoms with Crippen LogP contribution in [0.2, 0.25) is 0 Å². The molecule has 2 nitrogen and oxygen atoms in total. The first kappa shape index (κ1) is 12.7. The highest BCUT2D eigenvalue weighted by Crippen LogP contribution is 2.48. The van der Waals surface area contributed by atoms with E-state index < -0.39 is 0 Å². The third-order valence-corrected chi connectivity index (χ3v) is 5.52. The van der Waals surface area contributed by atoms with Gasteiger partial charge in [-0.05, 0) is 43.3 Å². The molecular weight excluding hydrogens is 218 g/mol. The van der Waals surface area contributed by atoms with Gasteiger partial charge in [0.25, 0.3) is 0 Å². The van der Waals surface area contributed by atoms with Crippen LogP contribution in [0.3, 0.4) is 0 Å². The smallest absolute Gasteiger partial charge is 0.0468 e. The van der Waals surface area contributed by atoms with E-state index in [1.165, 1.54) is 44.4 Å². The second kappa shape index (κ2) is 5.74. The second-order valence-corrected chi connectivity index (χ2v) is 6.93. The molecule has 2 rings (SSSR count). The maximum Gasteiger partial charge on any atom is 0.0468 e. The summed E-state index contributed by atoms with van der Waals surface area (Å²) in [5, 5.41) is 4.60. The summed E-state index contributed by atoms with van der Waals surface area (Å²) in [5.74, 6) is 1.36. The van der Waals surface area contributed by atoms with Crippen molar-refractivity contribution in [3.63, 3.8) is 0 Å². The number of methoxy groups -OCH3 is 1. The first-order chi connectivity index (χ1) is 7.76. The van der Waals surface area contributed by atoms with E-state index in [1.807, 2.05) is 7.11 Å². The summed E-state index contributed by atoms with van der Waals surface area (Å²) >= 11 is 2.13. The number of hydrogen-bond acceptors (Lipinski definition) is 3. The average molecular weight is 243 g/mol. The van der Waals surface area contributed by atoms with Crippen LogP contribution in [0.1, 0.15) is 39.0 Å². The zero-order chi connectivity index (χ0) is 11.4. The summed E-state index contributed by atoms with van der Waals surface area (Å²) in [6, 6.07) is 0.749. The lowest BCUT2D eigenvalue weighted by Gasteiger charge is -2.31. The van der Waals surface area contributed by atoms with Crippen molar-refractivity contribution in [3.05, 3.63) is 0 Å². The third kappa shape index (κ3) is 3.38. The van der Waals surface area contributed by atoms with Gasteiger partial charge in [0.15, 0.2) is 0 Å². The zero-order valence-corrected chi connectivity index (χ0v) is 11.4. The summed E-state index contributed by atoms with van der Waals surface area (Å²) in [5.41, 5.74) is 0.595. The van der Waals surface area contributed by atoms with Gasteiger partial charge in [-0.15, -0.1) is 0 Å². The first-order valence-corrected chi connectivity index (χ1v) is 7.65. The van der Waals surface area contributed by atoms with Crippen LogP contribution < -0.4 is 5.32 Å². The van der Waals surface area contributed by atoms with Crippen molar-refractivity contribution in [2.24, 2.45) is 5.41 Å². The molecule has 0 aromatic rings. The SMILES string of the molecule is COCCC1(CNC2CCCSC2C)CC1. The van der Waals surface area contributed by atoms with Crippen LogP contribution in [-0.4, -0.2) is 37.3 Å². The Labute approximate surface area is 104 Å². The topological polar surface area (TPSA) is 21.3 Å². The van der Waals surface area contributed by atoms with Gasteiger partial charge in [0.2, 0.25) is 0 Å². The van der Waals surface area contributed by atoms with Gasteiger partial charge in [0.1, 0.15) is 0 Å². The van der Waals surface area contributed by atoms with Gasteiger partial charge in [-0.1, -0.05) is 6.92 Å². The normalized spacial score (nSPS) is 32.6. The molecule has 16 heavy (non-hydrogen) atoms. The van der Waals surface area contributed by atoms with Crippen LogP contribution in [0.25, 0.3) is 0 Å². The third-order valence-electron chi connectivity index (χ3n) is 4.14. The first-order valence-electron chi connectivity index (χ1n) is 6.60. The molecule has 3 heteroatoms. The molecule has 0 spiro atoms. The second-order valence-electron chi connectivity index (χ2n) is 5.45. The summed E-state index contributed by atoms with van der Waals surface area (Å²) in [6.07, 6.45) is 6.80. The fraction of sp³-hybridized carbons (Fsp3) is 1.00. The fourth-order valence-electron chi connectivity index (χ4n) is 2.55. The molecule has 1 heterocycles. The Balaban J connectivity index is 1.69. The molecule has 2 atom stereocenters. The van der Waals surface area contributed by atoms with Crippen molar-refractivity contribution in [1.82, 2.24) is 5.32 Å². The van der Waals surface area contributed by atoms with Gasteiger partial charge < -0.3 is 10.1 Å². The summed E-state index contributed by atoms with van der Waals surface area (Å²) in [7, 11) is 1.81. The van der Waals surface area contributed by atoms with Crippen LogP contribution in [0.4, 0.5) is 0 Å². The Bertz CT molecular complexity index is 218. The molecule has 1 aliphatic heterocycles. The van der Waals surface area contributed by atoms with E-state index >= 15 is 0 Å². The van der Waals surface area contributed by atoms with Gasteiger partial charge in [-0.2, -0.15) is 11.8 Å². The molecule has 0 aromatic carbocycles. The molecule has 0 bridgehead atoms. The van der Waals surface area contributed by atoms with Crippen molar-refractivity contribution >= 4 is 11.8 Å². The monoisotopic (exact) mass is 243 g/mol. The molecule has 1 aliphatic carbocycles. The van der Waals surface area contributed by atoms with Crippen LogP contribution in [-0.2, 0) is 4.74 Å². The zero-order valence-electron chi connectivity index (χ0n) is 10.6. The number of ether oxygens (including phenoxy) is 1. The molecule has 94 valence electrons. The van der Waals surface area contributed by atoms with Crippen LogP contribution >= 0.6 is 11.8 Å². The number of hydrogen-bond donors (Lipinski definition) is 1. The Morgan fingerprint density at radius 1 is 1.44 bits per heavy atom. The highest BCUT2D eigenvalue weighted by atomic mass is 32.2. The predicted octanol–water partition coefficient (Wildman–Crippen LogP) is 2.68. The predicted molar refractivity (Wildman–Crippen MR) is 71.1 cm³/mol. The lowest BCUT2D eigenvalue weighted by atomic mass is 10.0. The van der Waals surface area contributed by atoms with E-state index in [2.05, 4.69) is 24.0 Å². The Kier molecular flexibility index (Phi) is 4.57. The van der Waals surface area contributed by atoms with Crippen LogP contribution in [0, 0.1) is 5.41 Å². The molecule has 2 fully saturated rings. The molecule has 2 unspecified atom stereocenters. The van der Waals surface area contributed by atoms with Gasteiger partial charge in [-0.25, -0.2) is 0 Å². The van der Waals surface area contributed by atoms with Gasteiger partial charge in [0.05, 0.1) is 0 Å². The number of rotatable bonds is 6. The van der Waals surface area contributed by atoms with E-state index in [-0.39, 0.29) is 0 Å². The van der Waals surface area contributed by atoms with Crippen LogP contribution in [0.5, 0.6) is 0 Å². The van der Waals surface area contributed by atoms with Gasteiger partial charge in [-0.3, -0.25) is 0 Å². The molecule has 1 saturated heterocycles. The maximum absolute atomic E-state index is 5.20. The van der Waals surface area contributed by atoms with E-state index in [0.717, 1.165) is 17.9 Å². The summed E-state index contributed by atoms with van der Waals surface area (Å²) in [6.45, 7) is 4.51. The van der Waals surface area contributed by atoms with E-state index in [1.54, 1.807) is 0 Å².